The molecule has 0 aromatic carbocycles. The SMILES string of the molecule is CCOC(=O)[C@]12CCCC=C1N(Cc1ccco1)C(=O)[C@H](CC(=O)N1CCCCC1)C2. The molecular weight excluding hydrogens is 396 g/mol. The molecule has 0 saturated carbocycles. The largest absolute Gasteiger partial charge is 0.467 e. The van der Waals surface area contributed by atoms with E-state index in [4.69, 9.17) is 9.15 Å². The molecule has 31 heavy (non-hydrogen) atoms. The first-order valence-corrected chi connectivity index (χ1v) is 11.5. The molecule has 0 unspecified atom stereocenters. The number of rotatable bonds is 6. The summed E-state index contributed by atoms with van der Waals surface area (Å²) in [5.41, 5.74) is -0.151. The Morgan fingerprint density at radius 3 is 2.74 bits per heavy atom. The van der Waals surface area contributed by atoms with Gasteiger partial charge >= 0.3 is 5.97 Å². The number of amides is 2. The van der Waals surface area contributed by atoms with Gasteiger partial charge in [-0.05, 0) is 64.0 Å². The lowest BCUT2D eigenvalue weighted by atomic mass is 9.66. The van der Waals surface area contributed by atoms with Crippen LogP contribution in [0.4, 0.5) is 0 Å². The number of likely N-dealkylation sites (tertiary alicyclic amines) is 2. The van der Waals surface area contributed by atoms with E-state index in [1.807, 2.05) is 17.0 Å². The van der Waals surface area contributed by atoms with Crippen molar-refractivity contribution in [3.63, 3.8) is 0 Å². The Morgan fingerprint density at radius 1 is 1.23 bits per heavy atom. The lowest BCUT2D eigenvalue weighted by Gasteiger charge is -2.48. The molecule has 3 aliphatic rings. The van der Waals surface area contributed by atoms with Gasteiger partial charge in [0.25, 0.3) is 0 Å². The van der Waals surface area contributed by atoms with Crippen LogP contribution < -0.4 is 0 Å². The summed E-state index contributed by atoms with van der Waals surface area (Å²) in [6, 6.07) is 3.61. The van der Waals surface area contributed by atoms with Crippen LogP contribution in [0.3, 0.4) is 0 Å². The van der Waals surface area contributed by atoms with E-state index < -0.39 is 11.3 Å². The lowest BCUT2D eigenvalue weighted by Crippen LogP contribution is -2.54. The fraction of sp³-hybridized carbons (Fsp3) is 0.625. The zero-order chi connectivity index (χ0) is 21.8. The number of furan rings is 1. The average molecular weight is 429 g/mol. The molecule has 1 aromatic heterocycles. The van der Waals surface area contributed by atoms with Gasteiger partial charge in [0.05, 0.1) is 19.4 Å². The van der Waals surface area contributed by atoms with E-state index in [9.17, 15) is 14.4 Å². The Bertz CT molecular complexity index is 840. The van der Waals surface area contributed by atoms with Crippen molar-refractivity contribution in [3.8, 4) is 0 Å². The fourth-order valence-corrected chi connectivity index (χ4v) is 5.31. The second-order valence-corrected chi connectivity index (χ2v) is 8.83. The molecule has 2 fully saturated rings. The number of carbonyl (C=O) groups is 3. The van der Waals surface area contributed by atoms with Gasteiger partial charge in [-0.15, -0.1) is 0 Å². The van der Waals surface area contributed by atoms with Crippen molar-refractivity contribution in [2.24, 2.45) is 11.3 Å². The maximum Gasteiger partial charge on any atom is 0.318 e. The van der Waals surface area contributed by atoms with E-state index in [-0.39, 0.29) is 37.4 Å². The first kappa shape index (κ1) is 21.7. The fourth-order valence-electron chi connectivity index (χ4n) is 5.31. The van der Waals surface area contributed by atoms with E-state index in [1.54, 1.807) is 24.2 Å². The molecule has 1 aliphatic carbocycles. The highest BCUT2D eigenvalue weighted by Crippen LogP contribution is 2.50. The number of fused-ring (bicyclic) bond motifs is 1. The highest BCUT2D eigenvalue weighted by molar-refractivity contribution is 5.92. The van der Waals surface area contributed by atoms with Crippen LogP contribution in [-0.4, -0.2) is 47.3 Å². The topological polar surface area (TPSA) is 80.1 Å². The van der Waals surface area contributed by atoms with Crippen LogP contribution in [0.2, 0.25) is 0 Å². The highest BCUT2D eigenvalue weighted by atomic mass is 16.5. The van der Waals surface area contributed by atoms with E-state index in [1.165, 1.54) is 0 Å². The van der Waals surface area contributed by atoms with Crippen molar-refractivity contribution >= 4 is 17.8 Å². The zero-order valence-corrected chi connectivity index (χ0v) is 18.3. The standard InChI is InChI=1S/C24H32N2O5/c1-2-30-23(29)24-11-5-4-10-20(24)26(17-19-9-8-14-31-19)22(28)18(16-24)15-21(27)25-12-6-3-7-13-25/h8-10,14,18H,2-7,11-13,15-17H2,1H3/t18-,24+/m1/s1. The number of piperidine rings is 2. The summed E-state index contributed by atoms with van der Waals surface area (Å²) < 4.78 is 11.0. The third kappa shape index (κ3) is 4.27. The van der Waals surface area contributed by atoms with Gasteiger partial charge in [0.2, 0.25) is 11.8 Å². The van der Waals surface area contributed by atoms with Gasteiger partial charge in [0, 0.05) is 31.1 Å². The number of carbonyl (C=O) groups excluding carboxylic acids is 3. The second-order valence-electron chi connectivity index (χ2n) is 8.83. The molecule has 2 atom stereocenters. The molecule has 2 aliphatic heterocycles. The molecule has 7 nitrogen and oxygen atoms in total. The Labute approximate surface area is 183 Å². The minimum Gasteiger partial charge on any atom is -0.467 e. The van der Waals surface area contributed by atoms with Gasteiger partial charge in [-0.2, -0.15) is 0 Å². The van der Waals surface area contributed by atoms with Crippen molar-refractivity contribution in [3.05, 3.63) is 35.9 Å². The molecule has 3 heterocycles. The molecule has 0 radical (unpaired) electrons. The normalized spacial score (nSPS) is 26.3. The highest BCUT2D eigenvalue weighted by Gasteiger charge is 2.54. The third-order valence-electron chi connectivity index (χ3n) is 6.83. The van der Waals surface area contributed by atoms with E-state index in [2.05, 4.69) is 0 Å². The van der Waals surface area contributed by atoms with Gasteiger partial charge < -0.3 is 19.0 Å². The summed E-state index contributed by atoms with van der Waals surface area (Å²) in [4.78, 5) is 43.3. The Kier molecular flexibility index (Phi) is 6.49. The van der Waals surface area contributed by atoms with Crippen molar-refractivity contribution in [2.75, 3.05) is 19.7 Å². The number of esters is 1. The Balaban J connectivity index is 1.64. The van der Waals surface area contributed by atoms with Crippen LogP contribution in [0.5, 0.6) is 0 Å². The minimum absolute atomic E-state index is 0.0123. The van der Waals surface area contributed by atoms with Crippen LogP contribution in [0.15, 0.2) is 34.6 Å². The third-order valence-corrected chi connectivity index (χ3v) is 6.83. The van der Waals surface area contributed by atoms with Gasteiger partial charge in [-0.1, -0.05) is 6.08 Å². The van der Waals surface area contributed by atoms with Crippen molar-refractivity contribution in [1.29, 1.82) is 0 Å². The Hall–Kier alpha value is -2.57. The number of hydrogen-bond acceptors (Lipinski definition) is 5. The van der Waals surface area contributed by atoms with Crippen LogP contribution in [0.25, 0.3) is 0 Å². The zero-order valence-electron chi connectivity index (χ0n) is 18.3. The summed E-state index contributed by atoms with van der Waals surface area (Å²) in [5, 5.41) is 0. The molecule has 0 bridgehead atoms. The van der Waals surface area contributed by atoms with Gasteiger partial charge in [-0.3, -0.25) is 14.4 Å². The van der Waals surface area contributed by atoms with E-state index in [0.717, 1.165) is 50.9 Å². The molecule has 1 aromatic rings. The molecule has 4 rings (SSSR count). The second kappa shape index (κ2) is 9.28. The van der Waals surface area contributed by atoms with Crippen LogP contribution in [-0.2, 0) is 25.7 Å². The summed E-state index contributed by atoms with van der Waals surface area (Å²) in [7, 11) is 0. The summed E-state index contributed by atoms with van der Waals surface area (Å²) >= 11 is 0. The van der Waals surface area contributed by atoms with E-state index in [0.29, 0.717) is 18.6 Å². The van der Waals surface area contributed by atoms with E-state index >= 15 is 0 Å². The number of allylic oxidation sites excluding steroid dienone is 1. The van der Waals surface area contributed by atoms with Crippen molar-refractivity contribution in [2.45, 2.75) is 64.8 Å². The monoisotopic (exact) mass is 428 g/mol. The van der Waals surface area contributed by atoms with Gasteiger partial charge in [0.1, 0.15) is 11.2 Å². The van der Waals surface area contributed by atoms with Crippen molar-refractivity contribution < 1.29 is 23.5 Å². The molecule has 0 N–H and O–H groups in total. The molecule has 7 heteroatoms. The van der Waals surface area contributed by atoms with Crippen LogP contribution >= 0.6 is 0 Å². The maximum atomic E-state index is 13.6. The van der Waals surface area contributed by atoms with Crippen LogP contribution in [0.1, 0.15) is 64.1 Å². The van der Waals surface area contributed by atoms with Gasteiger partial charge in [0.15, 0.2) is 0 Å². The molecule has 0 spiro atoms. The Morgan fingerprint density at radius 2 is 2.03 bits per heavy atom. The number of ether oxygens (including phenoxy) is 1. The maximum absolute atomic E-state index is 13.6. The summed E-state index contributed by atoms with van der Waals surface area (Å²) in [5.74, 6) is -0.258. The van der Waals surface area contributed by atoms with Crippen molar-refractivity contribution in [1.82, 2.24) is 9.80 Å². The average Bonchev–Trinajstić information content (AvgIpc) is 3.30. The number of nitrogens with zero attached hydrogens (tertiary/aromatic N) is 2. The van der Waals surface area contributed by atoms with Crippen LogP contribution in [0, 0.1) is 11.3 Å². The summed E-state index contributed by atoms with van der Waals surface area (Å²) in [6.07, 6.45) is 9.53. The quantitative estimate of drug-likeness (QED) is 0.646. The minimum atomic E-state index is -0.873. The predicted molar refractivity (Wildman–Crippen MR) is 113 cm³/mol. The lowest BCUT2D eigenvalue weighted by molar-refractivity contribution is -0.163. The molecule has 2 amide bonds. The first-order valence-electron chi connectivity index (χ1n) is 11.5. The first-order chi connectivity index (χ1) is 15.0. The molecule has 2 saturated heterocycles. The number of hydrogen-bond donors (Lipinski definition) is 0. The van der Waals surface area contributed by atoms with Gasteiger partial charge in [-0.25, -0.2) is 0 Å². The predicted octanol–water partition coefficient (Wildman–Crippen LogP) is 3.65. The molecule has 168 valence electrons. The smallest absolute Gasteiger partial charge is 0.318 e. The summed E-state index contributed by atoms with van der Waals surface area (Å²) in [6.45, 7) is 3.85. The molecular formula is C24H32N2O5.